The van der Waals surface area contributed by atoms with Crippen LogP contribution in [-0.2, 0) is 9.53 Å². The number of aliphatic hydroxyl groups excluding tert-OH is 4. The first-order valence-electron chi connectivity index (χ1n) is 7.85. The van der Waals surface area contributed by atoms with E-state index in [0.717, 1.165) is 32.1 Å². The average Bonchev–Trinajstić information content (AvgIpc) is 2.47. The monoisotopic (exact) mass is 304 g/mol. The summed E-state index contributed by atoms with van der Waals surface area (Å²) in [4.78, 5) is 11.7. The summed E-state index contributed by atoms with van der Waals surface area (Å²) in [5.41, 5.74) is 0. The number of carbonyl (C=O) groups excluding carboxylic acids is 1. The Morgan fingerprint density at radius 2 is 1.71 bits per heavy atom. The van der Waals surface area contributed by atoms with Crippen LogP contribution in [-0.4, -0.2) is 57.4 Å². The minimum absolute atomic E-state index is 0.150. The van der Waals surface area contributed by atoms with Crippen LogP contribution in [0.3, 0.4) is 0 Å². The Bertz CT molecular complexity index is 307. The van der Waals surface area contributed by atoms with E-state index in [0.29, 0.717) is 0 Å². The normalized spacial score (nSPS) is 32.9. The van der Waals surface area contributed by atoms with Gasteiger partial charge in [-0.05, 0) is 12.8 Å². The zero-order chi connectivity index (χ0) is 15.8. The van der Waals surface area contributed by atoms with Gasteiger partial charge in [-0.1, -0.05) is 32.6 Å². The third-order valence-electron chi connectivity index (χ3n) is 4.10. The van der Waals surface area contributed by atoms with Gasteiger partial charge in [0.15, 0.2) is 0 Å². The molecule has 0 spiro atoms. The SMILES string of the molecule is CCCCCCCC(=O)OC1CC(CO)C(O)C(O)C1O. The predicted molar refractivity (Wildman–Crippen MR) is 76.5 cm³/mol. The highest BCUT2D eigenvalue weighted by molar-refractivity contribution is 5.69. The van der Waals surface area contributed by atoms with Gasteiger partial charge in [0.25, 0.3) is 0 Å². The molecule has 6 nitrogen and oxygen atoms in total. The zero-order valence-electron chi connectivity index (χ0n) is 12.6. The van der Waals surface area contributed by atoms with Crippen molar-refractivity contribution in [1.82, 2.24) is 0 Å². The number of unbranched alkanes of at least 4 members (excludes halogenated alkanes) is 4. The fraction of sp³-hybridized carbons (Fsp3) is 0.933. The van der Waals surface area contributed by atoms with Crippen LogP contribution in [0.15, 0.2) is 0 Å². The maximum Gasteiger partial charge on any atom is 0.306 e. The molecule has 0 heterocycles. The Morgan fingerprint density at radius 3 is 2.33 bits per heavy atom. The minimum atomic E-state index is -1.40. The largest absolute Gasteiger partial charge is 0.459 e. The number of hydrogen-bond acceptors (Lipinski definition) is 6. The molecule has 0 aromatic heterocycles. The number of rotatable bonds is 8. The molecule has 5 atom stereocenters. The molecule has 21 heavy (non-hydrogen) atoms. The molecule has 0 saturated heterocycles. The Morgan fingerprint density at radius 1 is 1.05 bits per heavy atom. The quantitative estimate of drug-likeness (QED) is 0.381. The molecule has 0 amide bonds. The molecule has 6 heteroatoms. The molecule has 0 aromatic rings. The smallest absolute Gasteiger partial charge is 0.306 e. The molecular formula is C15H28O6. The van der Waals surface area contributed by atoms with Gasteiger partial charge in [-0.25, -0.2) is 0 Å². The van der Waals surface area contributed by atoms with Crippen molar-refractivity contribution in [2.75, 3.05) is 6.61 Å². The van der Waals surface area contributed by atoms with Crippen molar-refractivity contribution in [2.24, 2.45) is 5.92 Å². The van der Waals surface area contributed by atoms with Gasteiger partial charge in [0.1, 0.15) is 18.3 Å². The molecule has 0 aliphatic heterocycles. The molecule has 0 radical (unpaired) electrons. The Labute approximate surface area is 125 Å². The maximum atomic E-state index is 11.7. The van der Waals surface area contributed by atoms with E-state index in [1.165, 1.54) is 0 Å². The zero-order valence-corrected chi connectivity index (χ0v) is 12.6. The lowest BCUT2D eigenvalue weighted by Crippen LogP contribution is -2.55. The molecule has 4 N–H and O–H groups in total. The topological polar surface area (TPSA) is 107 Å². The van der Waals surface area contributed by atoms with Crippen LogP contribution >= 0.6 is 0 Å². The average molecular weight is 304 g/mol. The summed E-state index contributed by atoms with van der Waals surface area (Å²) in [5.74, 6) is -0.999. The fourth-order valence-corrected chi connectivity index (χ4v) is 2.68. The van der Waals surface area contributed by atoms with E-state index in [4.69, 9.17) is 9.84 Å². The summed E-state index contributed by atoms with van der Waals surface area (Å²) in [6, 6.07) is 0. The minimum Gasteiger partial charge on any atom is -0.459 e. The van der Waals surface area contributed by atoms with Crippen LogP contribution in [0.2, 0.25) is 0 Å². The lowest BCUT2D eigenvalue weighted by atomic mass is 9.81. The molecule has 1 saturated carbocycles. The van der Waals surface area contributed by atoms with Crippen molar-refractivity contribution in [3.8, 4) is 0 Å². The number of carbonyl (C=O) groups is 1. The van der Waals surface area contributed by atoms with Gasteiger partial charge >= 0.3 is 5.97 Å². The van der Waals surface area contributed by atoms with E-state index >= 15 is 0 Å². The molecule has 1 aliphatic carbocycles. The van der Waals surface area contributed by atoms with Gasteiger partial charge in [0.2, 0.25) is 0 Å². The van der Waals surface area contributed by atoms with Gasteiger partial charge in [0.05, 0.1) is 6.10 Å². The van der Waals surface area contributed by atoms with E-state index in [9.17, 15) is 20.1 Å². The number of aliphatic hydroxyl groups is 4. The van der Waals surface area contributed by atoms with Crippen molar-refractivity contribution in [3.05, 3.63) is 0 Å². The number of ether oxygens (including phenoxy) is 1. The van der Waals surface area contributed by atoms with Gasteiger partial charge < -0.3 is 25.2 Å². The van der Waals surface area contributed by atoms with Gasteiger partial charge in [-0.2, -0.15) is 0 Å². The molecule has 0 aromatic carbocycles. The molecule has 1 fully saturated rings. The van der Waals surface area contributed by atoms with Crippen molar-refractivity contribution < 1.29 is 30.0 Å². The Balaban J connectivity index is 2.36. The number of esters is 1. The maximum absolute atomic E-state index is 11.7. The van der Waals surface area contributed by atoms with E-state index < -0.39 is 36.3 Å². The first-order chi connectivity index (χ1) is 10.0. The van der Waals surface area contributed by atoms with Crippen LogP contribution in [0.25, 0.3) is 0 Å². The van der Waals surface area contributed by atoms with Crippen molar-refractivity contribution in [3.63, 3.8) is 0 Å². The van der Waals surface area contributed by atoms with Gasteiger partial charge in [-0.3, -0.25) is 4.79 Å². The highest BCUT2D eigenvalue weighted by Crippen LogP contribution is 2.28. The summed E-state index contributed by atoms with van der Waals surface area (Å²) >= 11 is 0. The van der Waals surface area contributed by atoms with Crippen molar-refractivity contribution >= 4 is 5.97 Å². The number of hydrogen-bond donors (Lipinski definition) is 4. The molecular weight excluding hydrogens is 276 g/mol. The summed E-state index contributed by atoms with van der Waals surface area (Å²) in [6.45, 7) is 1.80. The molecule has 0 bridgehead atoms. The molecule has 1 aliphatic rings. The summed E-state index contributed by atoms with van der Waals surface area (Å²) in [5, 5.41) is 38.4. The van der Waals surface area contributed by atoms with Crippen molar-refractivity contribution in [1.29, 1.82) is 0 Å². The van der Waals surface area contributed by atoms with Crippen LogP contribution < -0.4 is 0 Å². The van der Waals surface area contributed by atoms with E-state index in [1.807, 2.05) is 0 Å². The van der Waals surface area contributed by atoms with E-state index in [1.54, 1.807) is 0 Å². The fourth-order valence-electron chi connectivity index (χ4n) is 2.68. The summed E-state index contributed by atoms with van der Waals surface area (Å²) < 4.78 is 5.19. The summed E-state index contributed by atoms with van der Waals surface area (Å²) in [7, 11) is 0. The lowest BCUT2D eigenvalue weighted by Gasteiger charge is -2.39. The highest BCUT2D eigenvalue weighted by Gasteiger charge is 2.44. The molecule has 5 unspecified atom stereocenters. The molecule has 1 rings (SSSR count). The third-order valence-corrected chi connectivity index (χ3v) is 4.10. The Hall–Kier alpha value is -0.690. The second kappa shape index (κ2) is 9.35. The van der Waals surface area contributed by atoms with Crippen molar-refractivity contribution in [2.45, 2.75) is 76.3 Å². The third kappa shape index (κ3) is 5.54. The van der Waals surface area contributed by atoms with Crippen LogP contribution in [0, 0.1) is 5.92 Å². The lowest BCUT2D eigenvalue weighted by molar-refractivity contribution is -0.188. The standard InChI is InChI=1S/C15H28O6/c1-2-3-4-5-6-7-12(17)21-11-8-10(9-16)13(18)15(20)14(11)19/h10-11,13-16,18-20H,2-9H2,1H3. The van der Waals surface area contributed by atoms with E-state index in [-0.39, 0.29) is 19.4 Å². The van der Waals surface area contributed by atoms with Gasteiger partial charge in [-0.15, -0.1) is 0 Å². The van der Waals surface area contributed by atoms with Gasteiger partial charge in [0, 0.05) is 18.9 Å². The molecule has 124 valence electrons. The van der Waals surface area contributed by atoms with E-state index in [2.05, 4.69) is 6.92 Å². The first kappa shape index (κ1) is 18.4. The van der Waals surface area contributed by atoms with Crippen LogP contribution in [0.5, 0.6) is 0 Å². The Kier molecular flexibility index (Phi) is 8.18. The van der Waals surface area contributed by atoms with Crippen LogP contribution in [0.1, 0.15) is 51.9 Å². The highest BCUT2D eigenvalue weighted by atomic mass is 16.6. The predicted octanol–water partition coefficient (Wildman–Crippen LogP) is 0.354. The second-order valence-electron chi connectivity index (χ2n) is 5.84. The van der Waals surface area contributed by atoms with Crippen LogP contribution in [0.4, 0.5) is 0 Å². The first-order valence-corrected chi connectivity index (χ1v) is 7.85. The second-order valence-corrected chi connectivity index (χ2v) is 5.84. The summed E-state index contributed by atoms with van der Waals surface area (Å²) in [6.07, 6.45) is 0.746.